The Bertz CT molecular complexity index is 622. The van der Waals surface area contributed by atoms with Crippen LogP contribution >= 0.6 is 0 Å². The number of carbonyl (C=O) groups is 1. The van der Waals surface area contributed by atoms with Crippen molar-refractivity contribution in [2.75, 3.05) is 7.05 Å². The predicted molar refractivity (Wildman–Crippen MR) is 89.1 cm³/mol. The molecule has 0 aliphatic rings. The molecule has 0 saturated heterocycles. The summed E-state index contributed by atoms with van der Waals surface area (Å²) in [4.78, 5) is 13.8. The molecule has 0 aromatic heterocycles. The van der Waals surface area contributed by atoms with E-state index >= 15 is 0 Å². The largest absolute Gasteiger partial charge is 0.386 e. The molecule has 3 heteroatoms. The summed E-state index contributed by atoms with van der Waals surface area (Å²) in [6.07, 6.45) is 2.60. The van der Waals surface area contributed by atoms with Crippen molar-refractivity contribution in [3.8, 4) is 0 Å². The van der Waals surface area contributed by atoms with Gasteiger partial charge in [0.1, 0.15) is 0 Å². The van der Waals surface area contributed by atoms with Gasteiger partial charge in [0.15, 0.2) is 0 Å². The lowest BCUT2D eigenvalue weighted by Gasteiger charge is -2.28. The lowest BCUT2D eigenvalue weighted by Crippen LogP contribution is -2.38. The number of aliphatic hydroxyl groups excluding tert-OH is 1. The summed E-state index contributed by atoms with van der Waals surface area (Å²) in [6.45, 7) is 1.84. The average Bonchev–Trinajstić information content (AvgIpc) is 2.59. The van der Waals surface area contributed by atoms with E-state index in [2.05, 4.69) is 0 Å². The van der Waals surface area contributed by atoms with E-state index in [0.29, 0.717) is 0 Å². The molecule has 2 unspecified atom stereocenters. The van der Waals surface area contributed by atoms with Gasteiger partial charge in [-0.3, -0.25) is 4.79 Å². The van der Waals surface area contributed by atoms with E-state index in [-0.39, 0.29) is 11.9 Å². The third-order valence-electron chi connectivity index (χ3n) is 3.77. The summed E-state index contributed by atoms with van der Waals surface area (Å²) in [6, 6.07) is 18.7. The van der Waals surface area contributed by atoms with Crippen LogP contribution in [0.2, 0.25) is 0 Å². The lowest BCUT2D eigenvalue weighted by molar-refractivity contribution is -0.128. The Kier molecular flexibility index (Phi) is 5.50. The first-order valence-corrected chi connectivity index (χ1v) is 7.32. The Morgan fingerprint density at radius 2 is 1.59 bits per heavy atom. The van der Waals surface area contributed by atoms with Crippen molar-refractivity contribution in [2.45, 2.75) is 19.1 Å². The van der Waals surface area contributed by atoms with Gasteiger partial charge < -0.3 is 10.0 Å². The average molecular weight is 295 g/mol. The maximum atomic E-state index is 12.2. The van der Waals surface area contributed by atoms with Gasteiger partial charge >= 0.3 is 0 Å². The van der Waals surface area contributed by atoms with Crippen molar-refractivity contribution >= 4 is 12.0 Å². The van der Waals surface area contributed by atoms with Crippen LogP contribution < -0.4 is 0 Å². The van der Waals surface area contributed by atoms with E-state index in [1.807, 2.05) is 67.6 Å². The van der Waals surface area contributed by atoms with Gasteiger partial charge in [0, 0.05) is 13.1 Å². The van der Waals surface area contributed by atoms with Crippen LogP contribution in [-0.2, 0) is 4.79 Å². The van der Waals surface area contributed by atoms with Crippen LogP contribution in [0.15, 0.2) is 66.7 Å². The zero-order chi connectivity index (χ0) is 15.9. The fourth-order valence-corrected chi connectivity index (χ4v) is 2.19. The van der Waals surface area contributed by atoms with Crippen LogP contribution in [0.5, 0.6) is 0 Å². The quantitative estimate of drug-likeness (QED) is 0.860. The first-order valence-electron chi connectivity index (χ1n) is 7.32. The number of hydrogen-bond donors (Lipinski definition) is 1. The van der Waals surface area contributed by atoms with Gasteiger partial charge in [-0.25, -0.2) is 0 Å². The van der Waals surface area contributed by atoms with Gasteiger partial charge in [0.05, 0.1) is 12.1 Å². The molecular formula is C19H21NO2. The molecule has 0 bridgehead atoms. The second kappa shape index (κ2) is 7.57. The summed E-state index contributed by atoms with van der Waals surface area (Å²) < 4.78 is 0. The normalized spacial score (nSPS) is 13.8. The smallest absolute Gasteiger partial charge is 0.246 e. The molecular weight excluding hydrogens is 274 g/mol. The first kappa shape index (κ1) is 16.0. The minimum absolute atomic E-state index is 0.133. The van der Waals surface area contributed by atoms with E-state index < -0.39 is 6.10 Å². The van der Waals surface area contributed by atoms with E-state index in [0.717, 1.165) is 11.1 Å². The van der Waals surface area contributed by atoms with E-state index in [9.17, 15) is 9.90 Å². The third-order valence-corrected chi connectivity index (χ3v) is 3.77. The zero-order valence-electron chi connectivity index (χ0n) is 12.9. The molecule has 1 N–H and O–H groups in total. The van der Waals surface area contributed by atoms with E-state index in [1.54, 1.807) is 18.0 Å². The Labute approximate surface area is 131 Å². The van der Waals surface area contributed by atoms with Crippen LogP contribution in [0.4, 0.5) is 0 Å². The SMILES string of the molecule is CC(C(O)c1ccccc1)N(C)C(=O)/C=C/c1ccccc1. The minimum Gasteiger partial charge on any atom is -0.386 e. The standard InChI is InChI=1S/C19H21NO2/c1-15(19(22)17-11-7-4-8-12-17)20(2)18(21)14-13-16-9-5-3-6-10-16/h3-15,19,22H,1-2H3/b14-13+. The van der Waals surface area contributed by atoms with Crippen molar-refractivity contribution in [3.05, 3.63) is 77.9 Å². The molecule has 0 saturated carbocycles. The summed E-state index contributed by atoms with van der Waals surface area (Å²) in [5.41, 5.74) is 1.78. The maximum Gasteiger partial charge on any atom is 0.246 e. The molecule has 0 heterocycles. The summed E-state index contributed by atoms with van der Waals surface area (Å²) in [5.74, 6) is -0.133. The zero-order valence-corrected chi connectivity index (χ0v) is 12.9. The topological polar surface area (TPSA) is 40.5 Å². The number of benzene rings is 2. The highest BCUT2D eigenvalue weighted by Crippen LogP contribution is 2.20. The second-order valence-electron chi connectivity index (χ2n) is 5.29. The molecule has 22 heavy (non-hydrogen) atoms. The van der Waals surface area contributed by atoms with Crippen molar-refractivity contribution in [2.24, 2.45) is 0 Å². The molecule has 3 nitrogen and oxygen atoms in total. The Balaban J connectivity index is 2.02. The lowest BCUT2D eigenvalue weighted by atomic mass is 10.0. The predicted octanol–water partition coefficient (Wildman–Crippen LogP) is 3.28. The van der Waals surface area contributed by atoms with Gasteiger partial charge in [0.25, 0.3) is 0 Å². The Hall–Kier alpha value is -2.39. The van der Waals surface area contributed by atoms with Gasteiger partial charge in [-0.15, -0.1) is 0 Å². The molecule has 2 aromatic carbocycles. The molecule has 0 aliphatic carbocycles. The summed E-state index contributed by atoms with van der Waals surface area (Å²) in [7, 11) is 1.70. The van der Waals surface area contributed by atoms with Gasteiger partial charge in [-0.05, 0) is 24.1 Å². The molecule has 0 spiro atoms. The number of rotatable bonds is 5. The van der Waals surface area contributed by atoms with Crippen LogP contribution in [0, 0.1) is 0 Å². The molecule has 0 fully saturated rings. The highest BCUT2D eigenvalue weighted by molar-refractivity contribution is 5.91. The number of carbonyl (C=O) groups excluding carboxylic acids is 1. The molecule has 0 aliphatic heterocycles. The summed E-state index contributed by atoms with van der Waals surface area (Å²) in [5, 5.41) is 10.4. The molecule has 2 aromatic rings. The number of aliphatic hydroxyl groups is 1. The van der Waals surface area contributed by atoms with Crippen LogP contribution in [0.1, 0.15) is 24.2 Å². The second-order valence-corrected chi connectivity index (χ2v) is 5.29. The number of likely N-dealkylation sites (N-methyl/N-ethyl adjacent to an activating group) is 1. The fourth-order valence-electron chi connectivity index (χ4n) is 2.19. The van der Waals surface area contributed by atoms with E-state index in [4.69, 9.17) is 0 Å². The van der Waals surface area contributed by atoms with Crippen LogP contribution in [0.3, 0.4) is 0 Å². The maximum absolute atomic E-state index is 12.2. The molecule has 1 amide bonds. The van der Waals surface area contributed by atoms with Gasteiger partial charge in [0.2, 0.25) is 5.91 Å². The number of hydrogen-bond acceptors (Lipinski definition) is 2. The van der Waals surface area contributed by atoms with Crippen molar-refractivity contribution in [3.63, 3.8) is 0 Å². The van der Waals surface area contributed by atoms with Crippen LogP contribution in [-0.4, -0.2) is 29.0 Å². The number of nitrogens with zero attached hydrogens (tertiary/aromatic N) is 1. The highest BCUT2D eigenvalue weighted by Gasteiger charge is 2.22. The van der Waals surface area contributed by atoms with Crippen molar-refractivity contribution in [1.29, 1.82) is 0 Å². The molecule has 114 valence electrons. The monoisotopic (exact) mass is 295 g/mol. The third kappa shape index (κ3) is 4.06. The molecule has 0 radical (unpaired) electrons. The number of amides is 1. The highest BCUT2D eigenvalue weighted by atomic mass is 16.3. The fraction of sp³-hybridized carbons (Fsp3) is 0.211. The first-order chi connectivity index (χ1) is 10.6. The van der Waals surface area contributed by atoms with Gasteiger partial charge in [-0.1, -0.05) is 60.7 Å². The van der Waals surface area contributed by atoms with E-state index in [1.165, 1.54) is 6.08 Å². The molecule has 2 atom stereocenters. The molecule has 2 rings (SSSR count). The van der Waals surface area contributed by atoms with Crippen LogP contribution in [0.25, 0.3) is 6.08 Å². The van der Waals surface area contributed by atoms with Gasteiger partial charge in [-0.2, -0.15) is 0 Å². The Morgan fingerprint density at radius 3 is 2.18 bits per heavy atom. The van der Waals surface area contributed by atoms with Crippen molar-refractivity contribution in [1.82, 2.24) is 4.90 Å². The van der Waals surface area contributed by atoms with Crippen molar-refractivity contribution < 1.29 is 9.90 Å². The minimum atomic E-state index is -0.708. The Morgan fingerprint density at radius 1 is 1.05 bits per heavy atom. The summed E-state index contributed by atoms with van der Waals surface area (Å²) >= 11 is 0.